The van der Waals surface area contributed by atoms with Crippen molar-refractivity contribution in [2.75, 3.05) is 32.4 Å². The van der Waals surface area contributed by atoms with Crippen LogP contribution in [-0.4, -0.2) is 51.3 Å². The lowest BCUT2D eigenvalue weighted by molar-refractivity contribution is -0.223. The van der Waals surface area contributed by atoms with Gasteiger partial charge in [-0.1, -0.05) is 0 Å². The van der Waals surface area contributed by atoms with E-state index in [1.807, 2.05) is 0 Å². The summed E-state index contributed by atoms with van der Waals surface area (Å²) in [7, 11) is -3.42. The Morgan fingerprint density at radius 2 is 1.80 bits per heavy atom. The molecule has 9 heteroatoms. The van der Waals surface area contributed by atoms with Gasteiger partial charge < -0.3 is 5.32 Å². The van der Waals surface area contributed by atoms with Gasteiger partial charge in [0.05, 0.1) is 12.2 Å². The van der Waals surface area contributed by atoms with Crippen LogP contribution in [0.2, 0.25) is 0 Å². The van der Waals surface area contributed by atoms with Gasteiger partial charge in [0, 0.05) is 13.1 Å². The minimum atomic E-state index is -4.25. The molecular weight excluding hydrogens is 317 g/mol. The maximum Gasteiger partial charge on any atom is 0.392 e. The van der Waals surface area contributed by atoms with Gasteiger partial charge in [-0.2, -0.15) is 13.2 Å². The van der Waals surface area contributed by atoms with Gasteiger partial charge in [0.15, 0.2) is 0 Å². The third kappa shape index (κ3) is 3.58. The Bertz CT molecular complexity index is 435. The Balaban J connectivity index is 0.00000200. The number of hydrogen-bond acceptors (Lipinski definition) is 3. The molecule has 2 rings (SSSR count). The zero-order valence-electron chi connectivity index (χ0n) is 11.2. The summed E-state index contributed by atoms with van der Waals surface area (Å²) >= 11 is 0. The Labute approximate surface area is 123 Å². The predicted octanol–water partition coefficient (Wildman–Crippen LogP) is 1.62. The first-order chi connectivity index (χ1) is 8.65. The van der Waals surface area contributed by atoms with Crippen LogP contribution in [0.4, 0.5) is 13.2 Å². The van der Waals surface area contributed by atoms with Crippen LogP contribution in [0.3, 0.4) is 0 Å². The van der Waals surface area contributed by atoms with Crippen LogP contribution >= 0.6 is 12.4 Å². The normalized spacial score (nSPS) is 28.1. The van der Waals surface area contributed by atoms with Crippen LogP contribution in [0.5, 0.6) is 0 Å². The Morgan fingerprint density at radius 1 is 1.25 bits per heavy atom. The SMILES string of the molecule is CS(=O)(=O)N1CC[C@H](C(F)(F)F)C2(CCNCC2)C1.Cl. The van der Waals surface area contributed by atoms with Crippen LogP contribution in [0, 0.1) is 11.3 Å². The summed E-state index contributed by atoms with van der Waals surface area (Å²) in [6.45, 7) is 1.00. The van der Waals surface area contributed by atoms with Crippen molar-refractivity contribution < 1.29 is 21.6 Å². The third-order valence-corrected chi connectivity index (χ3v) is 5.61. The van der Waals surface area contributed by atoms with Crippen molar-refractivity contribution in [3.05, 3.63) is 0 Å². The van der Waals surface area contributed by atoms with E-state index in [2.05, 4.69) is 5.32 Å². The van der Waals surface area contributed by atoms with E-state index >= 15 is 0 Å². The quantitative estimate of drug-likeness (QED) is 0.791. The third-order valence-electron chi connectivity index (χ3n) is 4.36. The van der Waals surface area contributed by atoms with Gasteiger partial charge in [-0.15, -0.1) is 12.4 Å². The van der Waals surface area contributed by atoms with Crippen LogP contribution in [-0.2, 0) is 10.0 Å². The van der Waals surface area contributed by atoms with Crippen molar-refractivity contribution >= 4 is 22.4 Å². The molecule has 1 N–H and O–H groups in total. The average molecular weight is 337 g/mol. The molecule has 0 aliphatic carbocycles. The molecule has 0 aromatic rings. The van der Waals surface area contributed by atoms with Crippen LogP contribution in [0.25, 0.3) is 0 Å². The van der Waals surface area contributed by atoms with Crippen molar-refractivity contribution in [1.82, 2.24) is 9.62 Å². The highest BCUT2D eigenvalue weighted by Crippen LogP contribution is 2.50. The lowest BCUT2D eigenvalue weighted by atomic mass is 9.65. The molecule has 1 spiro atoms. The molecule has 2 aliphatic heterocycles. The number of sulfonamides is 1. The molecule has 20 heavy (non-hydrogen) atoms. The van der Waals surface area contributed by atoms with E-state index in [0.29, 0.717) is 25.9 Å². The summed E-state index contributed by atoms with van der Waals surface area (Å²) in [5.41, 5.74) is -0.954. The maximum absolute atomic E-state index is 13.2. The molecule has 2 aliphatic rings. The second kappa shape index (κ2) is 5.98. The Hall–Kier alpha value is -0.0500. The zero-order valence-corrected chi connectivity index (χ0v) is 12.9. The standard InChI is InChI=1S/C11H19F3N2O2S.ClH/c1-19(17,18)16-7-2-9(11(12,13)14)10(8-16)3-5-15-6-4-10;/h9,15H,2-8H2,1H3;1H/t9-;/m0./s1. The fourth-order valence-electron chi connectivity index (χ4n) is 3.34. The van der Waals surface area contributed by atoms with E-state index in [9.17, 15) is 21.6 Å². The smallest absolute Gasteiger partial charge is 0.317 e. The summed E-state index contributed by atoms with van der Waals surface area (Å²) in [6.07, 6.45) is -2.56. The molecule has 1 atom stereocenters. The number of alkyl halides is 3. The van der Waals surface area contributed by atoms with Crippen molar-refractivity contribution in [2.24, 2.45) is 11.3 Å². The number of nitrogens with zero attached hydrogens (tertiary/aromatic N) is 1. The summed E-state index contributed by atoms with van der Waals surface area (Å²) in [6, 6.07) is 0. The molecule has 2 heterocycles. The number of hydrogen-bond donors (Lipinski definition) is 1. The van der Waals surface area contributed by atoms with Gasteiger partial charge in [0.1, 0.15) is 0 Å². The molecule has 120 valence electrons. The van der Waals surface area contributed by atoms with Crippen molar-refractivity contribution in [3.63, 3.8) is 0 Å². The average Bonchev–Trinajstić information content (AvgIpc) is 2.27. The molecule has 2 saturated heterocycles. The first-order valence-corrected chi connectivity index (χ1v) is 8.23. The number of rotatable bonds is 1. The molecule has 2 fully saturated rings. The first kappa shape index (κ1) is 18.0. The number of nitrogens with one attached hydrogen (secondary N) is 1. The van der Waals surface area contributed by atoms with Crippen molar-refractivity contribution in [2.45, 2.75) is 25.4 Å². The minimum absolute atomic E-state index is 0. The predicted molar refractivity (Wildman–Crippen MR) is 72.4 cm³/mol. The van der Waals surface area contributed by atoms with Crippen molar-refractivity contribution in [1.29, 1.82) is 0 Å². The zero-order chi connectivity index (χ0) is 14.3. The molecule has 0 aromatic heterocycles. The molecule has 0 radical (unpaired) electrons. The highest BCUT2D eigenvalue weighted by molar-refractivity contribution is 7.88. The summed E-state index contributed by atoms with van der Waals surface area (Å²) in [5.74, 6) is -1.39. The van der Waals surface area contributed by atoms with Crippen LogP contribution in [0.15, 0.2) is 0 Å². The maximum atomic E-state index is 13.2. The molecule has 0 bridgehead atoms. The van der Waals surface area contributed by atoms with Gasteiger partial charge in [-0.3, -0.25) is 0 Å². The van der Waals surface area contributed by atoms with Crippen molar-refractivity contribution in [3.8, 4) is 0 Å². The van der Waals surface area contributed by atoms with Gasteiger partial charge in [0.25, 0.3) is 0 Å². The first-order valence-electron chi connectivity index (χ1n) is 6.38. The number of halogens is 4. The second-order valence-electron chi connectivity index (χ2n) is 5.59. The van der Waals surface area contributed by atoms with E-state index < -0.39 is 27.5 Å². The highest BCUT2D eigenvalue weighted by atomic mass is 35.5. The van der Waals surface area contributed by atoms with Gasteiger partial charge in [0.2, 0.25) is 10.0 Å². The molecule has 4 nitrogen and oxygen atoms in total. The Morgan fingerprint density at radius 3 is 2.25 bits per heavy atom. The van der Waals surface area contributed by atoms with E-state index in [1.165, 1.54) is 4.31 Å². The lowest BCUT2D eigenvalue weighted by Gasteiger charge is -2.50. The minimum Gasteiger partial charge on any atom is -0.317 e. The van der Waals surface area contributed by atoms with Crippen LogP contribution < -0.4 is 5.32 Å². The fourth-order valence-corrected chi connectivity index (χ4v) is 4.27. The summed E-state index contributed by atoms with van der Waals surface area (Å²) < 4.78 is 64.0. The van der Waals surface area contributed by atoms with E-state index in [1.54, 1.807) is 0 Å². The molecule has 0 amide bonds. The van der Waals surface area contributed by atoms with E-state index in [4.69, 9.17) is 0 Å². The van der Waals surface area contributed by atoms with Gasteiger partial charge >= 0.3 is 6.18 Å². The largest absolute Gasteiger partial charge is 0.392 e. The van der Waals surface area contributed by atoms with E-state index in [0.717, 1.165) is 6.26 Å². The number of piperidine rings is 2. The topological polar surface area (TPSA) is 49.4 Å². The molecule has 0 saturated carbocycles. The fraction of sp³-hybridized carbons (Fsp3) is 1.00. The van der Waals surface area contributed by atoms with E-state index in [-0.39, 0.29) is 31.9 Å². The monoisotopic (exact) mass is 336 g/mol. The lowest BCUT2D eigenvalue weighted by Crippen LogP contribution is -2.57. The molecular formula is C11H20ClF3N2O2S. The van der Waals surface area contributed by atoms with Crippen LogP contribution in [0.1, 0.15) is 19.3 Å². The van der Waals surface area contributed by atoms with Gasteiger partial charge in [-0.25, -0.2) is 12.7 Å². The second-order valence-corrected chi connectivity index (χ2v) is 7.57. The molecule has 0 aromatic carbocycles. The summed E-state index contributed by atoms with van der Waals surface area (Å²) in [4.78, 5) is 0. The summed E-state index contributed by atoms with van der Waals surface area (Å²) in [5, 5.41) is 3.05. The van der Waals surface area contributed by atoms with Gasteiger partial charge in [-0.05, 0) is 37.8 Å². The molecule has 0 unspecified atom stereocenters. The highest BCUT2D eigenvalue weighted by Gasteiger charge is 2.56. The Kier molecular flexibility index (Phi) is 5.38.